The number of rotatable bonds is 1. The molecule has 1 aliphatic rings. The molecule has 1 aliphatic heterocycles. The normalized spacial score (nSPS) is 26.6. The molecule has 2 rings (SSSR count). The SMILES string of the molecule is CC1(c2ccc(F)cc2)C=CCS1. The summed E-state index contributed by atoms with van der Waals surface area (Å²) in [6, 6.07) is 6.76. The van der Waals surface area contributed by atoms with E-state index < -0.39 is 0 Å². The molecule has 0 radical (unpaired) electrons. The summed E-state index contributed by atoms with van der Waals surface area (Å²) in [6.45, 7) is 2.16. The van der Waals surface area contributed by atoms with Crippen LogP contribution in [-0.2, 0) is 4.75 Å². The van der Waals surface area contributed by atoms with E-state index in [4.69, 9.17) is 0 Å². The van der Waals surface area contributed by atoms with Gasteiger partial charge in [0.15, 0.2) is 0 Å². The molecule has 0 saturated heterocycles. The van der Waals surface area contributed by atoms with Gasteiger partial charge >= 0.3 is 0 Å². The first-order valence-electron chi connectivity index (χ1n) is 4.28. The van der Waals surface area contributed by atoms with E-state index in [0.29, 0.717) is 0 Å². The Kier molecular flexibility index (Phi) is 2.16. The van der Waals surface area contributed by atoms with Gasteiger partial charge in [-0.25, -0.2) is 4.39 Å². The minimum atomic E-state index is -0.167. The topological polar surface area (TPSA) is 0 Å². The van der Waals surface area contributed by atoms with E-state index >= 15 is 0 Å². The number of hydrogen-bond acceptors (Lipinski definition) is 1. The third kappa shape index (κ3) is 1.63. The first-order chi connectivity index (χ1) is 6.21. The van der Waals surface area contributed by atoms with Gasteiger partial charge in [0.2, 0.25) is 0 Å². The summed E-state index contributed by atoms with van der Waals surface area (Å²) >= 11 is 1.87. The monoisotopic (exact) mass is 194 g/mol. The van der Waals surface area contributed by atoms with Gasteiger partial charge in [-0.3, -0.25) is 0 Å². The van der Waals surface area contributed by atoms with Crippen LogP contribution in [0, 0.1) is 5.82 Å². The minimum Gasteiger partial charge on any atom is -0.207 e. The summed E-state index contributed by atoms with van der Waals surface area (Å²) in [4.78, 5) is 0. The first kappa shape index (κ1) is 8.82. The highest BCUT2D eigenvalue weighted by Gasteiger charge is 2.26. The van der Waals surface area contributed by atoms with Crippen LogP contribution in [0.25, 0.3) is 0 Å². The highest BCUT2D eigenvalue weighted by atomic mass is 32.2. The first-order valence-corrected chi connectivity index (χ1v) is 5.27. The van der Waals surface area contributed by atoms with Crippen molar-refractivity contribution in [3.63, 3.8) is 0 Å². The zero-order valence-corrected chi connectivity index (χ0v) is 8.27. The van der Waals surface area contributed by atoms with Crippen LogP contribution in [0.2, 0.25) is 0 Å². The van der Waals surface area contributed by atoms with E-state index in [2.05, 4.69) is 19.1 Å². The molecular formula is C11H11FS. The van der Waals surface area contributed by atoms with E-state index in [-0.39, 0.29) is 10.6 Å². The van der Waals surface area contributed by atoms with Crippen LogP contribution in [0.15, 0.2) is 36.4 Å². The summed E-state index contributed by atoms with van der Waals surface area (Å²) in [5, 5.41) is 0. The van der Waals surface area contributed by atoms with Crippen molar-refractivity contribution in [3.05, 3.63) is 47.8 Å². The molecule has 0 fully saturated rings. The maximum absolute atomic E-state index is 12.7. The van der Waals surface area contributed by atoms with Crippen LogP contribution in [0.5, 0.6) is 0 Å². The predicted molar refractivity (Wildman–Crippen MR) is 55.4 cm³/mol. The average molecular weight is 194 g/mol. The smallest absolute Gasteiger partial charge is 0.123 e. The van der Waals surface area contributed by atoms with Gasteiger partial charge in [0.25, 0.3) is 0 Å². The fourth-order valence-corrected chi connectivity index (χ4v) is 2.54. The molecule has 0 aliphatic carbocycles. The molecule has 1 aromatic rings. The molecule has 0 spiro atoms. The van der Waals surface area contributed by atoms with Crippen LogP contribution >= 0.6 is 11.8 Å². The summed E-state index contributed by atoms with van der Waals surface area (Å²) in [7, 11) is 0. The minimum absolute atomic E-state index is 0.0493. The Morgan fingerprint density at radius 3 is 2.54 bits per heavy atom. The van der Waals surface area contributed by atoms with Crippen LogP contribution in [-0.4, -0.2) is 5.75 Å². The van der Waals surface area contributed by atoms with Crippen molar-refractivity contribution < 1.29 is 4.39 Å². The Balaban J connectivity index is 2.35. The van der Waals surface area contributed by atoms with Gasteiger partial charge in [-0.05, 0) is 24.6 Å². The standard InChI is InChI=1S/C11H11FS/c1-11(7-2-8-13-11)9-3-5-10(12)6-4-9/h2-7H,8H2,1H3. The maximum atomic E-state index is 12.7. The maximum Gasteiger partial charge on any atom is 0.123 e. The van der Waals surface area contributed by atoms with Crippen molar-refractivity contribution in [3.8, 4) is 0 Å². The molecule has 1 heterocycles. The molecular weight excluding hydrogens is 183 g/mol. The molecule has 0 amide bonds. The molecule has 0 saturated carbocycles. The van der Waals surface area contributed by atoms with E-state index in [1.807, 2.05) is 23.9 Å². The largest absolute Gasteiger partial charge is 0.207 e. The van der Waals surface area contributed by atoms with Crippen molar-refractivity contribution in [2.75, 3.05) is 5.75 Å². The molecule has 0 nitrogen and oxygen atoms in total. The van der Waals surface area contributed by atoms with Gasteiger partial charge in [0.05, 0.1) is 4.75 Å². The second-order valence-corrected chi connectivity index (χ2v) is 4.80. The molecule has 1 aromatic carbocycles. The Bertz CT molecular complexity index is 328. The number of thioether (sulfide) groups is 1. The lowest BCUT2D eigenvalue weighted by molar-refractivity contribution is 0.626. The molecule has 68 valence electrons. The molecule has 0 aromatic heterocycles. The van der Waals surface area contributed by atoms with Gasteiger partial charge in [0.1, 0.15) is 5.82 Å². The summed E-state index contributed by atoms with van der Waals surface area (Å²) in [5.74, 6) is 0.882. The average Bonchev–Trinajstić information content (AvgIpc) is 2.54. The fourth-order valence-electron chi connectivity index (χ4n) is 1.50. The number of halogens is 1. The quantitative estimate of drug-likeness (QED) is 0.618. The predicted octanol–water partition coefficient (Wildman–Crippen LogP) is 3.34. The zero-order chi connectivity index (χ0) is 9.31. The van der Waals surface area contributed by atoms with Crippen LogP contribution in [0.4, 0.5) is 4.39 Å². The summed E-state index contributed by atoms with van der Waals surface area (Å²) in [5.41, 5.74) is 1.17. The zero-order valence-electron chi connectivity index (χ0n) is 7.46. The van der Waals surface area contributed by atoms with Crippen molar-refractivity contribution in [2.24, 2.45) is 0 Å². The van der Waals surface area contributed by atoms with Crippen molar-refractivity contribution in [1.29, 1.82) is 0 Å². The van der Waals surface area contributed by atoms with Crippen LogP contribution in [0.1, 0.15) is 12.5 Å². The second kappa shape index (κ2) is 3.18. The van der Waals surface area contributed by atoms with Gasteiger partial charge in [-0.1, -0.05) is 24.3 Å². The molecule has 1 unspecified atom stereocenters. The third-order valence-corrected chi connectivity index (χ3v) is 3.66. The number of benzene rings is 1. The van der Waals surface area contributed by atoms with Gasteiger partial charge in [0, 0.05) is 5.75 Å². The lowest BCUT2D eigenvalue weighted by Crippen LogP contribution is -2.10. The molecule has 0 bridgehead atoms. The Labute approximate surface area is 81.8 Å². The molecule has 13 heavy (non-hydrogen) atoms. The van der Waals surface area contributed by atoms with Gasteiger partial charge in [-0.2, -0.15) is 0 Å². The van der Waals surface area contributed by atoms with E-state index in [9.17, 15) is 4.39 Å². The van der Waals surface area contributed by atoms with Crippen LogP contribution < -0.4 is 0 Å². The fraction of sp³-hybridized carbons (Fsp3) is 0.273. The van der Waals surface area contributed by atoms with Crippen molar-refractivity contribution >= 4 is 11.8 Å². The molecule has 2 heteroatoms. The molecule has 0 N–H and O–H groups in total. The number of hydrogen-bond donors (Lipinski definition) is 0. The Morgan fingerprint density at radius 2 is 2.00 bits per heavy atom. The van der Waals surface area contributed by atoms with E-state index in [0.717, 1.165) is 5.75 Å². The van der Waals surface area contributed by atoms with E-state index in [1.54, 1.807) is 0 Å². The van der Waals surface area contributed by atoms with Crippen molar-refractivity contribution in [1.82, 2.24) is 0 Å². The lowest BCUT2D eigenvalue weighted by Gasteiger charge is -2.21. The van der Waals surface area contributed by atoms with Gasteiger partial charge in [-0.15, -0.1) is 11.8 Å². The third-order valence-electron chi connectivity index (χ3n) is 2.33. The van der Waals surface area contributed by atoms with Crippen molar-refractivity contribution in [2.45, 2.75) is 11.7 Å². The van der Waals surface area contributed by atoms with E-state index in [1.165, 1.54) is 17.7 Å². The second-order valence-electron chi connectivity index (χ2n) is 3.33. The summed E-state index contributed by atoms with van der Waals surface area (Å²) in [6.07, 6.45) is 4.35. The summed E-state index contributed by atoms with van der Waals surface area (Å²) < 4.78 is 12.7. The Hall–Kier alpha value is -0.760. The van der Waals surface area contributed by atoms with Gasteiger partial charge < -0.3 is 0 Å². The van der Waals surface area contributed by atoms with Crippen LogP contribution in [0.3, 0.4) is 0 Å². The Morgan fingerprint density at radius 1 is 1.31 bits per heavy atom. The lowest BCUT2D eigenvalue weighted by atomic mass is 10.00. The highest BCUT2D eigenvalue weighted by Crippen LogP contribution is 2.41. The highest BCUT2D eigenvalue weighted by molar-refractivity contribution is 8.00. The molecule has 1 atom stereocenters.